The molecule has 2 unspecified atom stereocenters. The van der Waals surface area contributed by atoms with Crippen molar-refractivity contribution < 1.29 is 29.2 Å². The Morgan fingerprint density at radius 2 is 1.51 bits per heavy atom. The number of benzene rings is 3. The van der Waals surface area contributed by atoms with E-state index in [1.807, 2.05) is 48.5 Å². The van der Waals surface area contributed by atoms with Gasteiger partial charge in [0.25, 0.3) is 5.69 Å². The molecule has 0 spiro atoms. The SMILES string of the molecule is CC(NC(=O)OCC1c2ccccc2-c2ccccc21)C(=O)NC(Cc1ccc([N+](=O)[O-])cc1)C(=O)O. The van der Waals surface area contributed by atoms with Gasteiger partial charge in [-0.3, -0.25) is 14.9 Å². The maximum atomic E-state index is 12.6. The Labute approximate surface area is 212 Å². The number of nitro benzene ring substituents is 1. The number of hydrogen-bond donors (Lipinski definition) is 3. The highest BCUT2D eigenvalue weighted by molar-refractivity contribution is 5.89. The molecule has 0 aromatic heterocycles. The molecule has 37 heavy (non-hydrogen) atoms. The van der Waals surface area contributed by atoms with Gasteiger partial charge in [0, 0.05) is 24.5 Å². The molecule has 1 aliphatic rings. The average Bonchev–Trinajstić information content (AvgIpc) is 3.21. The van der Waals surface area contributed by atoms with Crippen LogP contribution in [0, 0.1) is 10.1 Å². The fourth-order valence-electron chi connectivity index (χ4n) is 4.37. The monoisotopic (exact) mass is 503 g/mol. The van der Waals surface area contributed by atoms with Gasteiger partial charge in [-0.1, -0.05) is 60.7 Å². The van der Waals surface area contributed by atoms with Crippen LogP contribution in [0.5, 0.6) is 0 Å². The van der Waals surface area contributed by atoms with Crippen molar-refractivity contribution in [1.29, 1.82) is 0 Å². The van der Waals surface area contributed by atoms with Crippen molar-refractivity contribution in [3.8, 4) is 11.1 Å². The van der Waals surface area contributed by atoms with E-state index in [0.29, 0.717) is 5.56 Å². The minimum Gasteiger partial charge on any atom is -0.480 e. The fraction of sp³-hybridized carbons (Fsp3) is 0.222. The lowest BCUT2D eigenvalue weighted by atomic mass is 9.98. The predicted molar refractivity (Wildman–Crippen MR) is 134 cm³/mol. The molecule has 10 heteroatoms. The van der Waals surface area contributed by atoms with Crippen LogP contribution >= 0.6 is 0 Å². The number of fused-ring (bicyclic) bond motifs is 3. The Kier molecular flexibility index (Phi) is 7.47. The Balaban J connectivity index is 1.32. The van der Waals surface area contributed by atoms with Crippen LogP contribution in [0.4, 0.5) is 10.5 Å². The zero-order valence-electron chi connectivity index (χ0n) is 19.9. The van der Waals surface area contributed by atoms with Crippen LogP contribution in [0.15, 0.2) is 72.8 Å². The molecule has 0 heterocycles. The quantitative estimate of drug-likeness (QED) is 0.298. The number of alkyl carbamates (subject to hydrolysis) is 1. The van der Waals surface area contributed by atoms with Crippen LogP contribution in [0.2, 0.25) is 0 Å². The Hall–Kier alpha value is -4.73. The van der Waals surface area contributed by atoms with E-state index in [1.54, 1.807) is 0 Å². The Bertz CT molecular complexity index is 1290. The lowest BCUT2D eigenvalue weighted by Gasteiger charge is -2.19. The largest absolute Gasteiger partial charge is 0.480 e. The van der Waals surface area contributed by atoms with Crippen molar-refractivity contribution >= 4 is 23.7 Å². The second-order valence-corrected chi connectivity index (χ2v) is 8.72. The molecule has 2 atom stereocenters. The third-order valence-corrected chi connectivity index (χ3v) is 6.27. The smallest absolute Gasteiger partial charge is 0.407 e. The minimum absolute atomic E-state index is 0.0755. The summed E-state index contributed by atoms with van der Waals surface area (Å²) in [5.74, 6) is -2.12. The highest BCUT2D eigenvalue weighted by Gasteiger charge is 2.30. The molecule has 2 amide bonds. The van der Waals surface area contributed by atoms with E-state index in [9.17, 15) is 29.6 Å². The first kappa shape index (κ1) is 25.4. The van der Waals surface area contributed by atoms with E-state index in [2.05, 4.69) is 10.6 Å². The first-order chi connectivity index (χ1) is 17.7. The van der Waals surface area contributed by atoms with Crippen molar-refractivity contribution in [2.24, 2.45) is 0 Å². The summed E-state index contributed by atoms with van der Waals surface area (Å²) in [6.07, 6.45) is -0.886. The molecule has 0 radical (unpaired) electrons. The molecular weight excluding hydrogens is 478 g/mol. The summed E-state index contributed by atoms with van der Waals surface area (Å²) in [5, 5.41) is 25.1. The molecule has 10 nitrogen and oxygen atoms in total. The highest BCUT2D eigenvalue weighted by Crippen LogP contribution is 2.44. The number of carboxylic acid groups (broad SMARTS) is 1. The maximum absolute atomic E-state index is 12.6. The van der Waals surface area contributed by atoms with Gasteiger partial charge in [0.1, 0.15) is 18.7 Å². The summed E-state index contributed by atoms with van der Waals surface area (Å²) in [7, 11) is 0. The second-order valence-electron chi connectivity index (χ2n) is 8.72. The van der Waals surface area contributed by atoms with Crippen molar-refractivity contribution in [2.75, 3.05) is 6.61 Å². The van der Waals surface area contributed by atoms with E-state index in [1.165, 1.54) is 31.2 Å². The van der Waals surface area contributed by atoms with E-state index in [-0.39, 0.29) is 24.6 Å². The number of non-ortho nitro benzene ring substituents is 1. The molecule has 3 aromatic rings. The van der Waals surface area contributed by atoms with Crippen LogP contribution in [-0.4, -0.2) is 46.7 Å². The highest BCUT2D eigenvalue weighted by atomic mass is 16.6. The topological polar surface area (TPSA) is 148 Å². The number of nitrogens with zero attached hydrogens (tertiary/aromatic N) is 1. The first-order valence-electron chi connectivity index (χ1n) is 11.6. The van der Waals surface area contributed by atoms with Crippen LogP contribution in [-0.2, 0) is 20.7 Å². The molecule has 3 aromatic carbocycles. The van der Waals surface area contributed by atoms with Gasteiger partial charge in [-0.05, 0) is 34.7 Å². The minimum atomic E-state index is -1.29. The molecule has 1 aliphatic carbocycles. The summed E-state index contributed by atoms with van der Waals surface area (Å²) >= 11 is 0. The number of nitrogens with one attached hydrogen (secondary N) is 2. The summed E-state index contributed by atoms with van der Waals surface area (Å²) in [6.45, 7) is 1.49. The zero-order valence-corrected chi connectivity index (χ0v) is 19.9. The fourth-order valence-corrected chi connectivity index (χ4v) is 4.37. The number of aliphatic carboxylic acids is 1. The molecule has 0 fully saturated rings. The first-order valence-corrected chi connectivity index (χ1v) is 11.6. The van der Waals surface area contributed by atoms with Crippen molar-refractivity contribution in [2.45, 2.75) is 31.3 Å². The number of amides is 2. The molecule has 3 N–H and O–H groups in total. The third kappa shape index (κ3) is 5.75. The standard InChI is InChI=1S/C27H25N3O7/c1-16(25(31)29-24(26(32)33)14-17-10-12-18(13-11-17)30(35)36)28-27(34)37-15-23-21-8-4-2-6-19(21)20-7-3-5-9-22(20)23/h2-13,16,23-24H,14-15H2,1H3,(H,28,34)(H,29,31)(H,32,33). The Morgan fingerprint density at radius 1 is 0.946 bits per heavy atom. The van der Waals surface area contributed by atoms with E-state index in [4.69, 9.17) is 4.74 Å². The molecule has 0 aliphatic heterocycles. The molecular formula is C27H25N3O7. The summed E-state index contributed by atoms with van der Waals surface area (Å²) in [4.78, 5) is 46.9. The summed E-state index contributed by atoms with van der Waals surface area (Å²) in [5.41, 5.74) is 4.66. The zero-order chi connectivity index (χ0) is 26.5. The molecule has 4 rings (SSSR count). The van der Waals surface area contributed by atoms with Crippen LogP contribution in [0.25, 0.3) is 11.1 Å². The van der Waals surface area contributed by atoms with Gasteiger partial charge in [0.15, 0.2) is 0 Å². The van der Waals surface area contributed by atoms with Gasteiger partial charge in [-0.25, -0.2) is 9.59 Å². The van der Waals surface area contributed by atoms with Gasteiger partial charge in [0.05, 0.1) is 4.92 Å². The third-order valence-electron chi connectivity index (χ3n) is 6.27. The second kappa shape index (κ2) is 10.9. The van der Waals surface area contributed by atoms with E-state index < -0.39 is 35.0 Å². The Morgan fingerprint density at radius 3 is 2.05 bits per heavy atom. The maximum Gasteiger partial charge on any atom is 0.407 e. The number of hydrogen-bond acceptors (Lipinski definition) is 6. The number of carbonyl (C=O) groups excluding carboxylic acids is 2. The van der Waals surface area contributed by atoms with Gasteiger partial charge in [-0.15, -0.1) is 0 Å². The van der Waals surface area contributed by atoms with Crippen LogP contribution in [0.1, 0.15) is 29.5 Å². The number of ether oxygens (including phenoxy) is 1. The van der Waals surface area contributed by atoms with Crippen molar-refractivity contribution in [1.82, 2.24) is 10.6 Å². The number of rotatable bonds is 9. The van der Waals surface area contributed by atoms with Gasteiger partial charge in [0.2, 0.25) is 5.91 Å². The van der Waals surface area contributed by atoms with Gasteiger partial charge < -0.3 is 20.5 Å². The molecule has 0 bridgehead atoms. The lowest BCUT2D eigenvalue weighted by molar-refractivity contribution is -0.384. The summed E-state index contributed by atoms with van der Waals surface area (Å²) in [6, 6.07) is 18.8. The number of nitro groups is 1. The van der Waals surface area contributed by atoms with E-state index >= 15 is 0 Å². The molecule has 0 saturated carbocycles. The number of carbonyl (C=O) groups is 3. The molecule has 190 valence electrons. The normalized spacial score (nSPS) is 13.5. The molecule has 0 saturated heterocycles. The summed E-state index contributed by atoms with van der Waals surface area (Å²) < 4.78 is 5.44. The average molecular weight is 504 g/mol. The van der Waals surface area contributed by atoms with Crippen LogP contribution in [0.3, 0.4) is 0 Å². The van der Waals surface area contributed by atoms with Crippen molar-refractivity contribution in [3.63, 3.8) is 0 Å². The van der Waals surface area contributed by atoms with Gasteiger partial charge in [-0.2, -0.15) is 0 Å². The van der Waals surface area contributed by atoms with Crippen LogP contribution < -0.4 is 10.6 Å². The number of carboxylic acids is 1. The van der Waals surface area contributed by atoms with E-state index in [0.717, 1.165) is 22.3 Å². The van der Waals surface area contributed by atoms with Gasteiger partial charge >= 0.3 is 12.1 Å². The lowest BCUT2D eigenvalue weighted by Crippen LogP contribution is -2.51. The predicted octanol–water partition coefficient (Wildman–Crippen LogP) is 3.63. The van der Waals surface area contributed by atoms with Crippen molar-refractivity contribution in [3.05, 3.63) is 99.6 Å².